The van der Waals surface area contributed by atoms with Crippen molar-refractivity contribution in [2.75, 3.05) is 6.61 Å². The summed E-state index contributed by atoms with van der Waals surface area (Å²) in [5.41, 5.74) is 1.63. The van der Waals surface area contributed by atoms with Gasteiger partial charge in [-0.25, -0.2) is 0 Å². The molecule has 1 aromatic carbocycles. The summed E-state index contributed by atoms with van der Waals surface area (Å²) >= 11 is 0. The van der Waals surface area contributed by atoms with E-state index >= 15 is 0 Å². The van der Waals surface area contributed by atoms with Crippen LogP contribution in [0, 0.1) is 0 Å². The first-order chi connectivity index (χ1) is 8.79. The van der Waals surface area contributed by atoms with E-state index in [4.69, 9.17) is 0 Å². The first kappa shape index (κ1) is 12.3. The Morgan fingerprint density at radius 1 is 1.33 bits per heavy atom. The van der Waals surface area contributed by atoms with Gasteiger partial charge in [0.25, 0.3) is 0 Å². The van der Waals surface area contributed by atoms with Crippen LogP contribution >= 0.6 is 0 Å². The number of hydrogen-bond donors (Lipinski definition) is 3. The maximum atomic E-state index is 11.8. The molecular weight excluding hydrogens is 230 g/mol. The van der Waals surface area contributed by atoms with Crippen LogP contribution in [0.1, 0.15) is 17.3 Å². The minimum atomic E-state index is -0.373. The van der Waals surface area contributed by atoms with Crippen molar-refractivity contribution in [3.8, 4) is 0 Å². The summed E-state index contributed by atoms with van der Waals surface area (Å²) in [4.78, 5) is 11.8. The van der Waals surface area contributed by atoms with Crippen molar-refractivity contribution in [2.45, 2.75) is 12.5 Å². The van der Waals surface area contributed by atoms with Gasteiger partial charge >= 0.3 is 0 Å². The number of amides is 1. The van der Waals surface area contributed by atoms with Crippen LogP contribution in [-0.4, -0.2) is 27.8 Å². The van der Waals surface area contributed by atoms with Gasteiger partial charge in [0, 0.05) is 11.9 Å². The number of aromatic nitrogens is 2. The Morgan fingerprint density at radius 2 is 2.11 bits per heavy atom. The predicted octanol–water partition coefficient (Wildman–Crippen LogP) is 0.802. The van der Waals surface area contributed by atoms with Crippen molar-refractivity contribution in [1.29, 1.82) is 0 Å². The number of benzene rings is 1. The molecule has 0 unspecified atom stereocenters. The van der Waals surface area contributed by atoms with Gasteiger partial charge in [-0.3, -0.25) is 9.89 Å². The van der Waals surface area contributed by atoms with Crippen LogP contribution in [0.3, 0.4) is 0 Å². The lowest BCUT2D eigenvalue weighted by atomic mass is 10.1. The van der Waals surface area contributed by atoms with Crippen molar-refractivity contribution in [3.05, 3.63) is 53.9 Å². The second-order valence-electron chi connectivity index (χ2n) is 3.97. The Morgan fingerprint density at radius 3 is 2.72 bits per heavy atom. The highest BCUT2D eigenvalue weighted by Crippen LogP contribution is 2.11. The summed E-state index contributed by atoms with van der Waals surface area (Å²) in [6.45, 7) is -0.126. The monoisotopic (exact) mass is 245 g/mol. The van der Waals surface area contributed by atoms with E-state index in [1.54, 1.807) is 12.3 Å². The maximum Gasteiger partial charge on any atom is 0.226 e. The van der Waals surface area contributed by atoms with Crippen molar-refractivity contribution in [1.82, 2.24) is 15.5 Å². The van der Waals surface area contributed by atoms with Gasteiger partial charge < -0.3 is 10.4 Å². The van der Waals surface area contributed by atoms with E-state index in [0.717, 1.165) is 11.3 Å². The lowest BCUT2D eigenvalue weighted by Crippen LogP contribution is -2.32. The molecule has 0 radical (unpaired) electrons. The molecule has 0 fully saturated rings. The number of carbonyl (C=O) groups is 1. The highest BCUT2D eigenvalue weighted by molar-refractivity contribution is 5.78. The fourth-order valence-corrected chi connectivity index (χ4v) is 1.72. The second kappa shape index (κ2) is 5.97. The molecule has 1 atom stereocenters. The molecule has 1 aromatic heterocycles. The molecule has 2 rings (SSSR count). The van der Waals surface area contributed by atoms with E-state index in [-0.39, 0.29) is 25.0 Å². The van der Waals surface area contributed by atoms with E-state index in [0.29, 0.717) is 0 Å². The van der Waals surface area contributed by atoms with Gasteiger partial charge in [-0.05, 0) is 11.6 Å². The standard InChI is InChI=1S/C13H15N3O2/c17-9-12(10-4-2-1-3-5-10)15-13(18)8-11-6-7-14-16-11/h1-7,12,17H,8-9H2,(H,14,16)(H,15,18)/t12-/m0/s1. The van der Waals surface area contributed by atoms with Crippen LogP contribution in [0.25, 0.3) is 0 Å². The van der Waals surface area contributed by atoms with Crippen LogP contribution in [0.5, 0.6) is 0 Å². The van der Waals surface area contributed by atoms with E-state index in [1.807, 2.05) is 30.3 Å². The smallest absolute Gasteiger partial charge is 0.226 e. The molecule has 0 aliphatic rings. The molecule has 3 N–H and O–H groups in total. The molecule has 5 nitrogen and oxygen atoms in total. The maximum absolute atomic E-state index is 11.8. The highest BCUT2D eigenvalue weighted by atomic mass is 16.3. The zero-order valence-electron chi connectivity index (χ0n) is 9.84. The number of nitrogens with zero attached hydrogens (tertiary/aromatic N) is 1. The van der Waals surface area contributed by atoms with Crippen LogP contribution < -0.4 is 5.32 Å². The van der Waals surface area contributed by atoms with Gasteiger partial charge in [-0.1, -0.05) is 30.3 Å². The number of nitrogens with one attached hydrogen (secondary N) is 2. The Labute approximate surface area is 105 Å². The molecule has 5 heteroatoms. The van der Waals surface area contributed by atoms with E-state index in [9.17, 15) is 9.90 Å². The van der Waals surface area contributed by atoms with Gasteiger partial charge in [0.05, 0.1) is 19.1 Å². The van der Waals surface area contributed by atoms with Gasteiger partial charge in [0.2, 0.25) is 5.91 Å². The number of carbonyl (C=O) groups excluding carboxylic acids is 1. The minimum Gasteiger partial charge on any atom is -0.394 e. The molecule has 1 amide bonds. The lowest BCUT2D eigenvalue weighted by molar-refractivity contribution is -0.121. The summed E-state index contributed by atoms with van der Waals surface area (Å²) < 4.78 is 0. The van der Waals surface area contributed by atoms with Gasteiger partial charge in [0.15, 0.2) is 0 Å². The third-order valence-electron chi connectivity index (χ3n) is 2.63. The van der Waals surface area contributed by atoms with Crippen molar-refractivity contribution < 1.29 is 9.90 Å². The van der Waals surface area contributed by atoms with E-state index in [2.05, 4.69) is 15.5 Å². The molecule has 18 heavy (non-hydrogen) atoms. The molecule has 1 heterocycles. The molecule has 0 aliphatic heterocycles. The third kappa shape index (κ3) is 3.18. The largest absolute Gasteiger partial charge is 0.394 e. The van der Waals surface area contributed by atoms with Crippen molar-refractivity contribution >= 4 is 5.91 Å². The van der Waals surface area contributed by atoms with Crippen molar-refractivity contribution in [3.63, 3.8) is 0 Å². The molecule has 2 aromatic rings. The zero-order valence-corrected chi connectivity index (χ0v) is 9.84. The topological polar surface area (TPSA) is 78.0 Å². The van der Waals surface area contributed by atoms with Gasteiger partial charge in [-0.15, -0.1) is 0 Å². The first-order valence-electron chi connectivity index (χ1n) is 5.73. The molecule has 0 aliphatic carbocycles. The number of H-pyrrole nitrogens is 1. The van der Waals surface area contributed by atoms with Crippen LogP contribution in [0.4, 0.5) is 0 Å². The average Bonchev–Trinajstić information content (AvgIpc) is 2.90. The number of aliphatic hydroxyl groups is 1. The average molecular weight is 245 g/mol. The Hall–Kier alpha value is -2.14. The van der Waals surface area contributed by atoms with Gasteiger partial charge in [-0.2, -0.15) is 5.10 Å². The molecule has 0 saturated heterocycles. The SMILES string of the molecule is O=C(Cc1ccn[nH]1)N[C@@H](CO)c1ccccc1. The molecule has 0 saturated carbocycles. The fraction of sp³-hybridized carbons (Fsp3) is 0.231. The molecule has 0 bridgehead atoms. The Balaban J connectivity index is 1.96. The van der Waals surface area contributed by atoms with Gasteiger partial charge in [0.1, 0.15) is 0 Å². The molecule has 0 spiro atoms. The summed E-state index contributed by atoms with van der Waals surface area (Å²) in [6.07, 6.45) is 1.83. The highest BCUT2D eigenvalue weighted by Gasteiger charge is 2.13. The quantitative estimate of drug-likeness (QED) is 0.729. The predicted molar refractivity (Wildman–Crippen MR) is 66.7 cm³/mol. The normalized spacial score (nSPS) is 12.1. The minimum absolute atomic E-state index is 0.126. The van der Waals surface area contributed by atoms with Crippen LogP contribution in [-0.2, 0) is 11.2 Å². The van der Waals surface area contributed by atoms with E-state index in [1.165, 1.54) is 0 Å². The molecular formula is C13H15N3O2. The number of rotatable bonds is 5. The van der Waals surface area contributed by atoms with Crippen LogP contribution in [0.2, 0.25) is 0 Å². The number of hydrogen-bond acceptors (Lipinski definition) is 3. The second-order valence-corrected chi connectivity index (χ2v) is 3.97. The zero-order chi connectivity index (χ0) is 12.8. The lowest BCUT2D eigenvalue weighted by Gasteiger charge is -2.16. The summed E-state index contributed by atoms with van der Waals surface area (Å²) in [6, 6.07) is 10.8. The van der Waals surface area contributed by atoms with E-state index < -0.39 is 0 Å². The third-order valence-corrected chi connectivity index (χ3v) is 2.63. The summed E-state index contributed by atoms with van der Waals surface area (Å²) in [5.74, 6) is -0.151. The van der Waals surface area contributed by atoms with Crippen LogP contribution in [0.15, 0.2) is 42.6 Å². The summed E-state index contributed by atoms with van der Waals surface area (Å²) in [7, 11) is 0. The number of aliphatic hydroxyl groups excluding tert-OH is 1. The first-order valence-corrected chi connectivity index (χ1v) is 5.73. The molecule has 94 valence electrons. The summed E-state index contributed by atoms with van der Waals surface area (Å²) in [5, 5.41) is 18.6. The Bertz CT molecular complexity index is 482. The number of aromatic amines is 1. The Kier molecular flexibility index (Phi) is 4.09. The fourth-order valence-electron chi connectivity index (χ4n) is 1.72. The van der Waals surface area contributed by atoms with Crippen molar-refractivity contribution in [2.24, 2.45) is 0 Å².